The van der Waals surface area contributed by atoms with E-state index < -0.39 is 10.0 Å². The van der Waals surface area contributed by atoms with E-state index in [0.29, 0.717) is 6.54 Å². The summed E-state index contributed by atoms with van der Waals surface area (Å²) >= 11 is 0. The minimum Gasteiger partial charge on any atom is -0.383 e. The summed E-state index contributed by atoms with van der Waals surface area (Å²) in [6.07, 6.45) is 8.64. The van der Waals surface area contributed by atoms with Crippen LogP contribution < -0.4 is 10.5 Å². The van der Waals surface area contributed by atoms with Gasteiger partial charge in [0.2, 0.25) is 10.0 Å². The molecule has 1 fully saturated rings. The average molecular weight is 300 g/mol. The van der Waals surface area contributed by atoms with Crippen molar-refractivity contribution in [2.24, 2.45) is 0 Å². The standard InChI is InChI=1S/C13H24N4O2S/c1-2-3-6-9-16-20(18,19)12-10-15-17(13(12)14)11-7-4-5-8-11/h10-11,16H,2-9,14H2,1H3. The molecule has 1 aliphatic rings. The molecular weight excluding hydrogens is 276 g/mol. The molecule has 0 bridgehead atoms. The Kier molecular flexibility index (Phi) is 5.04. The molecule has 114 valence electrons. The van der Waals surface area contributed by atoms with Crippen molar-refractivity contribution in [2.75, 3.05) is 12.3 Å². The summed E-state index contributed by atoms with van der Waals surface area (Å²) in [6.45, 7) is 2.53. The third-order valence-electron chi connectivity index (χ3n) is 3.83. The van der Waals surface area contributed by atoms with Crippen LogP contribution in [0.4, 0.5) is 5.82 Å². The minimum atomic E-state index is -3.54. The molecule has 0 spiro atoms. The van der Waals surface area contributed by atoms with Crippen LogP contribution in [0.15, 0.2) is 11.1 Å². The van der Waals surface area contributed by atoms with Crippen molar-refractivity contribution in [3.63, 3.8) is 0 Å². The van der Waals surface area contributed by atoms with Crippen LogP contribution in [0.1, 0.15) is 57.9 Å². The van der Waals surface area contributed by atoms with E-state index >= 15 is 0 Å². The van der Waals surface area contributed by atoms with Gasteiger partial charge in [0, 0.05) is 6.54 Å². The number of nitrogens with one attached hydrogen (secondary N) is 1. The lowest BCUT2D eigenvalue weighted by Crippen LogP contribution is -2.25. The van der Waals surface area contributed by atoms with Gasteiger partial charge < -0.3 is 5.73 Å². The molecule has 1 saturated carbocycles. The van der Waals surface area contributed by atoms with Crippen LogP contribution in [-0.2, 0) is 10.0 Å². The molecule has 1 aliphatic carbocycles. The van der Waals surface area contributed by atoms with Crippen LogP contribution in [-0.4, -0.2) is 24.7 Å². The largest absolute Gasteiger partial charge is 0.383 e. The number of nitrogens with two attached hydrogens (primary N) is 1. The number of hydrogen-bond donors (Lipinski definition) is 2. The van der Waals surface area contributed by atoms with Crippen molar-refractivity contribution in [1.29, 1.82) is 0 Å². The Morgan fingerprint density at radius 3 is 2.75 bits per heavy atom. The number of nitrogen functional groups attached to an aromatic ring is 1. The van der Waals surface area contributed by atoms with Crippen LogP contribution in [0, 0.1) is 0 Å². The topological polar surface area (TPSA) is 90.0 Å². The summed E-state index contributed by atoms with van der Waals surface area (Å²) < 4.78 is 28.7. The van der Waals surface area contributed by atoms with E-state index in [4.69, 9.17) is 5.73 Å². The van der Waals surface area contributed by atoms with Gasteiger partial charge in [0.25, 0.3) is 0 Å². The van der Waals surface area contributed by atoms with Gasteiger partial charge in [-0.25, -0.2) is 17.8 Å². The Balaban J connectivity index is 2.07. The minimum absolute atomic E-state index is 0.112. The number of sulfonamides is 1. The molecule has 0 aromatic carbocycles. The molecule has 20 heavy (non-hydrogen) atoms. The predicted octanol–water partition coefficient (Wildman–Crippen LogP) is 2.05. The summed E-state index contributed by atoms with van der Waals surface area (Å²) in [6, 6.07) is 0.249. The molecule has 7 heteroatoms. The van der Waals surface area contributed by atoms with E-state index in [-0.39, 0.29) is 16.8 Å². The molecule has 2 rings (SSSR count). The van der Waals surface area contributed by atoms with Gasteiger partial charge in [-0.1, -0.05) is 32.6 Å². The van der Waals surface area contributed by atoms with Crippen molar-refractivity contribution in [2.45, 2.75) is 62.8 Å². The van der Waals surface area contributed by atoms with E-state index in [2.05, 4.69) is 16.7 Å². The number of unbranched alkanes of at least 4 members (excludes halogenated alkanes) is 2. The third-order valence-corrected chi connectivity index (χ3v) is 5.31. The smallest absolute Gasteiger partial charge is 0.245 e. The number of aromatic nitrogens is 2. The first-order chi connectivity index (χ1) is 9.56. The van der Waals surface area contributed by atoms with Crippen molar-refractivity contribution in [3.05, 3.63) is 6.20 Å². The number of anilines is 1. The summed E-state index contributed by atoms with van der Waals surface area (Å²) in [5.74, 6) is 0.264. The highest BCUT2D eigenvalue weighted by molar-refractivity contribution is 7.89. The van der Waals surface area contributed by atoms with Crippen LogP contribution in [0.25, 0.3) is 0 Å². The van der Waals surface area contributed by atoms with Crippen molar-refractivity contribution in [1.82, 2.24) is 14.5 Å². The highest BCUT2D eigenvalue weighted by Crippen LogP contribution is 2.32. The molecule has 1 heterocycles. The molecule has 6 nitrogen and oxygen atoms in total. The Bertz CT molecular complexity index is 533. The second kappa shape index (κ2) is 6.58. The molecule has 0 unspecified atom stereocenters. The first kappa shape index (κ1) is 15.3. The highest BCUT2D eigenvalue weighted by Gasteiger charge is 2.26. The lowest BCUT2D eigenvalue weighted by atomic mass is 10.2. The third kappa shape index (κ3) is 3.32. The quantitative estimate of drug-likeness (QED) is 0.754. The summed E-state index contributed by atoms with van der Waals surface area (Å²) in [5.41, 5.74) is 5.98. The average Bonchev–Trinajstić information content (AvgIpc) is 3.03. The van der Waals surface area contributed by atoms with E-state index in [1.165, 1.54) is 6.20 Å². The molecule has 1 aromatic rings. The van der Waals surface area contributed by atoms with Gasteiger partial charge in [0.1, 0.15) is 10.7 Å². The monoisotopic (exact) mass is 300 g/mol. The van der Waals surface area contributed by atoms with Gasteiger partial charge in [-0.3, -0.25) is 0 Å². The summed E-state index contributed by atoms with van der Waals surface area (Å²) in [5, 5.41) is 4.18. The maximum atomic E-state index is 12.2. The van der Waals surface area contributed by atoms with E-state index in [1.54, 1.807) is 4.68 Å². The van der Waals surface area contributed by atoms with Gasteiger partial charge >= 0.3 is 0 Å². The SMILES string of the molecule is CCCCCNS(=O)(=O)c1cnn(C2CCCC2)c1N. The van der Waals surface area contributed by atoms with Gasteiger partial charge in [0.05, 0.1) is 12.2 Å². The van der Waals surface area contributed by atoms with Gasteiger partial charge in [-0.05, 0) is 19.3 Å². The maximum Gasteiger partial charge on any atom is 0.245 e. The normalized spacial score (nSPS) is 16.9. The fraction of sp³-hybridized carbons (Fsp3) is 0.769. The molecule has 0 aliphatic heterocycles. The second-order valence-corrected chi connectivity index (χ2v) is 7.12. The van der Waals surface area contributed by atoms with Gasteiger partial charge in [0.15, 0.2) is 0 Å². The van der Waals surface area contributed by atoms with Crippen LogP contribution in [0.3, 0.4) is 0 Å². The fourth-order valence-electron chi connectivity index (χ4n) is 2.66. The first-order valence-electron chi connectivity index (χ1n) is 7.39. The lowest BCUT2D eigenvalue weighted by Gasteiger charge is -2.12. The van der Waals surface area contributed by atoms with Crippen molar-refractivity contribution in [3.8, 4) is 0 Å². The maximum absolute atomic E-state index is 12.2. The van der Waals surface area contributed by atoms with E-state index in [1.807, 2.05) is 0 Å². The lowest BCUT2D eigenvalue weighted by molar-refractivity contribution is 0.473. The predicted molar refractivity (Wildman–Crippen MR) is 78.9 cm³/mol. The first-order valence-corrected chi connectivity index (χ1v) is 8.87. The zero-order valence-electron chi connectivity index (χ0n) is 12.0. The highest BCUT2D eigenvalue weighted by atomic mass is 32.2. The van der Waals surface area contributed by atoms with Gasteiger partial charge in [-0.2, -0.15) is 5.10 Å². The number of nitrogens with zero attached hydrogens (tertiary/aromatic N) is 2. The fourth-order valence-corrected chi connectivity index (χ4v) is 3.79. The Morgan fingerprint density at radius 2 is 2.10 bits per heavy atom. The Labute approximate surface area is 120 Å². The van der Waals surface area contributed by atoms with Crippen LogP contribution in [0.2, 0.25) is 0 Å². The molecule has 1 aromatic heterocycles. The Hall–Kier alpha value is -1.08. The number of hydrogen-bond acceptors (Lipinski definition) is 4. The van der Waals surface area contributed by atoms with Crippen molar-refractivity contribution < 1.29 is 8.42 Å². The molecule has 0 amide bonds. The molecule has 3 N–H and O–H groups in total. The zero-order valence-corrected chi connectivity index (χ0v) is 12.8. The molecule has 0 atom stereocenters. The van der Waals surface area contributed by atoms with E-state index in [9.17, 15) is 8.42 Å². The van der Waals surface area contributed by atoms with Crippen LogP contribution >= 0.6 is 0 Å². The van der Waals surface area contributed by atoms with Crippen LogP contribution in [0.5, 0.6) is 0 Å². The molecule has 0 saturated heterocycles. The summed E-state index contributed by atoms with van der Waals surface area (Å²) in [7, 11) is -3.54. The van der Waals surface area contributed by atoms with Crippen molar-refractivity contribution >= 4 is 15.8 Å². The number of rotatable bonds is 7. The molecular formula is C13H24N4O2S. The van der Waals surface area contributed by atoms with E-state index in [0.717, 1.165) is 44.9 Å². The van der Waals surface area contributed by atoms with Gasteiger partial charge in [-0.15, -0.1) is 0 Å². The molecule has 0 radical (unpaired) electrons. The Morgan fingerprint density at radius 1 is 1.40 bits per heavy atom. The summed E-state index contributed by atoms with van der Waals surface area (Å²) in [4.78, 5) is 0.112. The zero-order chi connectivity index (χ0) is 14.6. The second-order valence-electron chi connectivity index (χ2n) is 5.38.